The van der Waals surface area contributed by atoms with Crippen molar-refractivity contribution in [2.24, 2.45) is 0 Å². The first kappa shape index (κ1) is 17.3. The van der Waals surface area contributed by atoms with Gasteiger partial charge in [-0.15, -0.1) is 0 Å². The summed E-state index contributed by atoms with van der Waals surface area (Å²) in [5, 5.41) is 0. The first-order valence-corrected chi connectivity index (χ1v) is 8.27. The first-order valence-electron chi connectivity index (χ1n) is 8.27. The Morgan fingerprint density at radius 1 is 1.22 bits per heavy atom. The Morgan fingerprint density at radius 3 is 2.57 bits per heavy atom. The zero-order valence-electron chi connectivity index (χ0n) is 13.9. The minimum Gasteiger partial charge on any atom is -0.496 e. The normalized spacial score (nSPS) is 14.5. The molecule has 126 valence electrons. The van der Waals surface area contributed by atoms with Gasteiger partial charge in [-0.25, -0.2) is 0 Å². The van der Waals surface area contributed by atoms with Gasteiger partial charge in [-0.2, -0.15) is 0 Å². The van der Waals surface area contributed by atoms with E-state index in [4.69, 9.17) is 9.47 Å². The van der Waals surface area contributed by atoms with Crippen LogP contribution in [0.4, 0.5) is 0 Å². The summed E-state index contributed by atoms with van der Waals surface area (Å²) >= 11 is 0. The van der Waals surface area contributed by atoms with Crippen molar-refractivity contribution in [3.05, 3.63) is 29.8 Å². The van der Waals surface area contributed by atoms with Gasteiger partial charge in [-0.1, -0.05) is 25.0 Å². The van der Waals surface area contributed by atoms with Crippen molar-refractivity contribution in [2.75, 3.05) is 20.3 Å². The maximum absolute atomic E-state index is 13.0. The van der Waals surface area contributed by atoms with E-state index >= 15 is 0 Å². The lowest BCUT2D eigenvalue weighted by Crippen LogP contribution is -2.40. The molecular formula is C18H25NO4. The van der Waals surface area contributed by atoms with E-state index in [1.165, 1.54) is 0 Å². The third-order valence-corrected chi connectivity index (χ3v) is 4.23. The quantitative estimate of drug-likeness (QED) is 0.725. The highest BCUT2D eigenvalue weighted by Gasteiger charge is 2.29. The Bertz CT molecular complexity index is 538. The fraction of sp³-hybridized carbons (Fsp3) is 0.556. The van der Waals surface area contributed by atoms with Crippen molar-refractivity contribution in [1.82, 2.24) is 4.90 Å². The second kappa shape index (κ2) is 8.56. The molecule has 1 saturated carbocycles. The van der Waals surface area contributed by atoms with Gasteiger partial charge in [0.25, 0.3) is 5.91 Å². The Kier molecular flexibility index (Phi) is 6.44. The standard InChI is InChI=1S/C18H25NO4/c1-3-23-17(20)12-13-19(14-8-4-5-9-14)18(21)15-10-6-7-11-16(15)22-2/h6-7,10-11,14H,3-5,8-9,12-13H2,1-2H3. The molecule has 1 aliphatic rings. The third kappa shape index (κ3) is 4.47. The molecule has 0 saturated heterocycles. The van der Waals surface area contributed by atoms with E-state index < -0.39 is 0 Å². The number of carbonyl (C=O) groups is 2. The molecule has 0 aliphatic heterocycles. The van der Waals surface area contributed by atoms with Crippen molar-refractivity contribution in [1.29, 1.82) is 0 Å². The number of ether oxygens (including phenoxy) is 2. The molecule has 0 atom stereocenters. The maximum atomic E-state index is 13.0. The molecule has 0 heterocycles. The molecule has 1 amide bonds. The molecule has 0 bridgehead atoms. The minimum absolute atomic E-state index is 0.0707. The summed E-state index contributed by atoms with van der Waals surface area (Å²) in [6.07, 6.45) is 4.46. The maximum Gasteiger partial charge on any atom is 0.307 e. The number of carbonyl (C=O) groups excluding carboxylic acids is 2. The number of hydrogen-bond acceptors (Lipinski definition) is 4. The summed E-state index contributed by atoms with van der Waals surface area (Å²) in [5.74, 6) is 0.235. The molecule has 0 aromatic heterocycles. The highest BCUT2D eigenvalue weighted by atomic mass is 16.5. The molecule has 23 heavy (non-hydrogen) atoms. The summed E-state index contributed by atoms with van der Waals surface area (Å²) in [5.41, 5.74) is 0.547. The van der Waals surface area contributed by atoms with Crippen molar-refractivity contribution in [3.8, 4) is 5.75 Å². The predicted octanol–water partition coefficient (Wildman–Crippen LogP) is 3.03. The van der Waals surface area contributed by atoms with E-state index in [2.05, 4.69) is 0 Å². The highest BCUT2D eigenvalue weighted by molar-refractivity contribution is 5.97. The van der Waals surface area contributed by atoms with Gasteiger partial charge in [0.2, 0.25) is 0 Å². The number of amides is 1. The molecule has 1 aromatic carbocycles. The number of esters is 1. The average molecular weight is 319 g/mol. The lowest BCUT2D eigenvalue weighted by molar-refractivity contribution is -0.143. The van der Waals surface area contributed by atoms with Crippen LogP contribution in [-0.4, -0.2) is 43.1 Å². The number of nitrogens with zero attached hydrogens (tertiary/aromatic N) is 1. The number of hydrogen-bond donors (Lipinski definition) is 0. The van der Waals surface area contributed by atoms with Crippen LogP contribution in [0.2, 0.25) is 0 Å². The Balaban J connectivity index is 2.15. The summed E-state index contributed by atoms with van der Waals surface area (Å²) in [4.78, 5) is 26.5. The molecule has 1 fully saturated rings. The number of para-hydroxylation sites is 1. The number of rotatable bonds is 7. The van der Waals surface area contributed by atoms with Crippen LogP contribution in [0.1, 0.15) is 49.4 Å². The lowest BCUT2D eigenvalue weighted by Gasteiger charge is -2.29. The van der Waals surface area contributed by atoms with Crippen LogP contribution in [0, 0.1) is 0 Å². The zero-order chi connectivity index (χ0) is 16.7. The first-order chi connectivity index (χ1) is 11.2. The second-order valence-electron chi connectivity index (χ2n) is 5.69. The van der Waals surface area contributed by atoms with Gasteiger partial charge in [-0.05, 0) is 31.9 Å². The number of benzene rings is 1. The summed E-state index contributed by atoms with van der Waals surface area (Å²) in [6.45, 7) is 2.54. The highest BCUT2D eigenvalue weighted by Crippen LogP contribution is 2.27. The second-order valence-corrected chi connectivity index (χ2v) is 5.69. The SMILES string of the molecule is CCOC(=O)CCN(C(=O)c1ccccc1OC)C1CCCC1. The zero-order valence-corrected chi connectivity index (χ0v) is 13.9. The van der Waals surface area contributed by atoms with Gasteiger partial charge < -0.3 is 14.4 Å². The van der Waals surface area contributed by atoms with E-state index in [9.17, 15) is 9.59 Å². The molecule has 5 heteroatoms. The summed E-state index contributed by atoms with van der Waals surface area (Å²) in [7, 11) is 1.56. The van der Waals surface area contributed by atoms with Crippen LogP contribution in [0.25, 0.3) is 0 Å². The fourth-order valence-electron chi connectivity index (χ4n) is 3.09. The van der Waals surface area contributed by atoms with Gasteiger partial charge >= 0.3 is 5.97 Å². The smallest absolute Gasteiger partial charge is 0.307 e. The van der Waals surface area contributed by atoms with E-state index in [1.807, 2.05) is 17.0 Å². The molecule has 0 N–H and O–H groups in total. The van der Waals surface area contributed by atoms with E-state index in [0.717, 1.165) is 25.7 Å². The van der Waals surface area contributed by atoms with Gasteiger partial charge in [-0.3, -0.25) is 9.59 Å². The Hall–Kier alpha value is -2.04. The van der Waals surface area contributed by atoms with Crippen LogP contribution in [0.5, 0.6) is 5.75 Å². The molecule has 0 radical (unpaired) electrons. The van der Waals surface area contributed by atoms with E-state index in [-0.39, 0.29) is 24.3 Å². The molecular weight excluding hydrogens is 294 g/mol. The molecule has 0 unspecified atom stereocenters. The number of methoxy groups -OCH3 is 1. The lowest BCUT2D eigenvalue weighted by atomic mass is 10.1. The monoisotopic (exact) mass is 319 g/mol. The molecule has 1 aromatic rings. The largest absolute Gasteiger partial charge is 0.496 e. The predicted molar refractivity (Wildman–Crippen MR) is 87.5 cm³/mol. The fourth-order valence-corrected chi connectivity index (χ4v) is 3.09. The molecule has 0 spiro atoms. The van der Waals surface area contributed by atoms with Gasteiger partial charge in [0.15, 0.2) is 0 Å². The van der Waals surface area contributed by atoms with Crippen molar-refractivity contribution < 1.29 is 19.1 Å². The van der Waals surface area contributed by atoms with Crippen molar-refractivity contribution >= 4 is 11.9 Å². The van der Waals surface area contributed by atoms with Gasteiger partial charge in [0.05, 0.1) is 25.7 Å². The molecule has 5 nitrogen and oxygen atoms in total. The van der Waals surface area contributed by atoms with Gasteiger partial charge in [0, 0.05) is 12.6 Å². The van der Waals surface area contributed by atoms with Crippen LogP contribution >= 0.6 is 0 Å². The van der Waals surface area contributed by atoms with Crippen LogP contribution in [0.3, 0.4) is 0 Å². The Labute approximate surface area is 137 Å². The van der Waals surface area contributed by atoms with E-state index in [0.29, 0.717) is 24.5 Å². The summed E-state index contributed by atoms with van der Waals surface area (Å²) < 4.78 is 10.3. The van der Waals surface area contributed by atoms with Crippen molar-refractivity contribution in [3.63, 3.8) is 0 Å². The van der Waals surface area contributed by atoms with Crippen LogP contribution < -0.4 is 4.74 Å². The third-order valence-electron chi connectivity index (χ3n) is 4.23. The van der Waals surface area contributed by atoms with Crippen LogP contribution in [-0.2, 0) is 9.53 Å². The van der Waals surface area contributed by atoms with E-state index in [1.54, 1.807) is 26.2 Å². The molecule has 1 aliphatic carbocycles. The Morgan fingerprint density at radius 2 is 1.91 bits per heavy atom. The minimum atomic E-state index is -0.261. The molecule has 2 rings (SSSR count). The van der Waals surface area contributed by atoms with Crippen LogP contribution in [0.15, 0.2) is 24.3 Å². The topological polar surface area (TPSA) is 55.8 Å². The van der Waals surface area contributed by atoms with Crippen molar-refractivity contribution in [2.45, 2.75) is 45.1 Å². The average Bonchev–Trinajstić information content (AvgIpc) is 3.09. The van der Waals surface area contributed by atoms with Gasteiger partial charge in [0.1, 0.15) is 5.75 Å². The summed E-state index contributed by atoms with van der Waals surface area (Å²) in [6, 6.07) is 7.42.